The molecule has 0 radical (unpaired) electrons. The van der Waals surface area contributed by atoms with Crippen LogP contribution in [0.4, 0.5) is 10.2 Å². The van der Waals surface area contributed by atoms with Gasteiger partial charge < -0.3 is 19.4 Å². The predicted octanol–water partition coefficient (Wildman–Crippen LogP) is 6.24. The highest BCUT2D eigenvalue weighted by Crippen LogP contribution is 2.48. The average Bonchev–Trinajstić information content (AvgIpc) is 3.66. The SMILES string of the molecule is C=CC(=O)N1CC2(CCN(c3nc(OC[C@@H]4CCCN4C)nc4c(F)c(-c5c(C)ccc6n[nH]c(C7CC7)c56)c(Cl)cc34)CC2)C1. The zero-order valence-electron chi connectivity index (χ0n) is 26.4. The van der Waals surface area contributed by atoms with Crippen molar-refractivity contribution in [2.75, 3.05) is 51.3 Å². The summed E-state index contributed by atoms with van der Waals surface area (Å²) < 4.78 is 23.4. The first-order valence-corrected chi connectivity index (χ1v) is 16.8. The van der Waals surface area contributed by atoms with Gasteiger partial charge in [-0.05, 0) is 82.8 Å². The van der Waals surface area contributed by atoms with Crippen molar-refractivity contribution in [3.05, 3.63) is 53.0 Å². The van der Waals surface area contributed by atoms with Gasteiger partial charge in [-0.25, -0.2) is 4.39 Å². The van der Waals surface area contributed by atoms with Gasteiger partial charge in [-0.1, -0.05) is 24.2 Å². The molecule has 9 nitrogen and oxygen atoms in total. The molecule has 3 saturated heterocycles. The Hall–Kier alpha value is -3.76. The summed E-state index contributed by atoms with van der Waals surface area (Å²) in [6.45, 7) is 10.0. The van der Waals surface area contributed by atoms with Crippen molar-refractivity contribution in [1.29, 1.82) is 0 Å². The molecule has 1 saturated carbocycles. The molecular weight excluding hydrogens is 605 g/mol. The summed E-state index contributed by atoms with van der Waals surface area (Å²) in [5.41, 5.74) is 4.18. The number of piperidine rings is 1. The second-order valence-electron chi connectivity index (χ2n) is 13.8. The second kappa shape index (κ2) is 11.2. The number of rotatable bonds is 7. The third kappa shape index (κ3) is 4.92. The molecule has 8 rings (SSSR count). The number of aryl methyl sites for hydroxylation is 1. The minimum absolute atomic E-state index is 0.0175. The fourth-order valence-electron chi connectivity index (χ4n) is 7.84. The molecule has 1 spiro atoms. The lowest BCUT2D eigenvalue weighted by Crippen LogP contribution is -2.61. The highest BCUT2D eigenvalue weighted by atomic mass is 35.5. The molecule has 1 aliphatic carbocycles. The number of nitrogens with one attached hydrogen (secondary N) is 1. The number of hydrogen-bond acceptors (Lipinski definition) is 7. The van der Waals surface area contributed by atoms with E-state index in [9.17, 15) is 4.79 Å². The van der Waals surface area contributed by atoms with Crippen LogP contribution in [-0.4, -0.2) is 88.3 Å². The maximum absolute atomic E-state index is 17.1. The zero-order chi connectivity index (χ0) is 31.7. The van der Waals surface area contributed by atoms with Crippen LogP contribution in [0.3, 0.4) is 0 Å². The van der Waals surface area contributed by atoms with Gasteiger partial charge >= 0.3 is 6.01 Å². The number of carbonyl (C=O) groups is 1. The molecule has 1 N–H and O–H groups in total. The van der Waals surface area contributed by atoms with E-state index in [0.717, 1.165) is 99.0 Å². The molecule has 2 aromatic heterocycles. The first-order chi connectivity index (χ1) is 22.2. The van der Waals surface area contributed by atoms with Crippen molar-refractivity contribution in [2.24, 2.45) is 5.41 Å². The molecule has 5 heterocycles. The van der Waals surface area contributed by atoms with Crippen LogP contribution in [0.5, 0.6) is 6.01 Å². The van der Waals surface area contributed by atoms with E-state index in [4.69, 9.17) is 26.3 Å². The third-order valence-electron chi connectivity index (χ3n) is 10.8. The fraction of sp³-hybridized carbons (Fsp3) is 0.486. The Morgan fingerprint density at radius 2 is 1.96 bits per heavy atom. The number of benzene rings is 2. The number of aromatic amines is 1. The number of hydrogen-bond donors (Lipinski definition) is 1. The van der Waals surface area contributed by atoms with Crippen LogP contribution in [0.1, 0.15) is 55.7 Å². The fourth-order valence-corrected chi connectivity index (χ4v) is 8.13. The van der Waals surface area contributed by atoms with Crippen LogP contribution >= 0.6 is 11.6 Å². The lowest BCUT2D eigenvalue weighted by atomic mass is 9.72. The molecule has 0 bridgehead atoms. The van der Waals surface area contributed by atoms with Gasteiger partial charge in [0, 0.05) is 71.1 Å². The van der Waals surface area contributed by atoms with Crippen LogP contribution in [0, 0.1) is 18.2 Å². The number of aromatic nitrogens is 4. The number of carbonyl (C=O) groups excluding carboxylic acids is 1. The maximum atomic E-state index is 17.1. The smallest absolute Gasteiger partial charge is 0.319 e. The average molecular weight is 644 g/mol. The number of nitrogens with zero attached hydrogens (tertiary/aromatic N) is 6. The van der Waals surface area contributed by atoms with Gasteiger partial charge in [-0.2, -0.15) is 15.1 Å². The Morgan fingerprint density at radius 3 is 2.65 bits per heavy atom. The van der Waals surface area contributed by atoms with Gasteiger partial charge in [0.1, 0.15) is 17.9 Å². The molecule has 4 fully saturated rings. The van der Waals surface area contributed by atoms with Gasteiger partial charge in [-0.15, -0.1) is 0 Å². The van der Waals surface area contributed by atoms with Crippen LogP contribution in [0.2, 0.25) is 5.02 Å². The molecule has 3 aliphatic heterocycles. The summed E-state index contributed by atoms with van der Waals surface area (Å²) in [5, 5.41) is 9.61. The highest BCUT2D eigenvalue weighted by molar-refractivity contribution is 6.35. The standard InChI is InChI=1S/C35H39ClFN7O2/c1-4-26(45)44-18-35(19-44)11-14-43(15-12-35)33-23-16-24(36)28(27-20(2)7-10-25-29(27)31(41-40-25)21-8-9-21)30(37)32(23)38-34(39-33)46-17-22-6-5-13-42(22)3/h4,7,10,16,21-22H,1,5-6,8-9,11-15,17-19H2,2-3H3,(H,40,41)/t22-/m0/s1. The van der Waals surface area contributed by atoms with E-state index in [-0.39, 0.29) is 28.9 Å². The summed E-state index contributed by atoms with van der Waals surface area (Å²) in [6.07, 6.45) is 7.54. The second-order valence-corrected chi connectivity index (χ2v) is 14.2. The Morgan fingerprint density at radius 1 is 1.17 bits per heavy atom. The molecule has 2 aromatic carbocycles. The van der Waals surface area contributed by atoms with E-state index < -0.39 is 5.82 Å². The van der Waals surface area contributed by atoms with E-state index >= 15 is 4.39 Å². The lowest BCUT2D eigenvalue weighted by molar-refractivity contribution is -0.139. The Bertz CT molecular complexity index is 1870. The minimum Gasteiger partial charge on any atom is -0.462 e. The Labute approximate surface area is 272 Å². The monoisotopic (exact) mass is 643 g/mol. The largest absolute Gasteiger partial charge is 0.462 e. The normalized spacial score (nSPS) is 21.3. The molecule has 0 unspecified atom stereocenters. The first kappa shape index (κ1) is 29.6. The van der Waals surface area contributed by atoms with E-state index in [2.05, 4.69) is 33.6 Å². The zero-order valence-corrected chi connectivity index (χ0v) is 27.2. The number of halogens is 2. The van der Waals surface area contributed by atoms with Gasteiger partial charge in [0.05, 0.1) is 10.5 Å². The predicted molar refractivity (Wildman–Crippen MR) is 178 cm³/mol. The van der Waals surface area contributed by atoms with Gasteiger partial charge in [0.2, 0.25) is 5.91 Å². The molecule has 4 aliphatic rings. The number of fused-ring (bicyclic) bond motifs is 2. The molecule has 1 amide bonds. The molecule has 46 heavy (non-hydrogen) atoms. The summed E-state index contributed by atoms with van der Waals surface area (Å²) in [6, 6.07) is 6.23. The van der Waals surface area contributed by atoms with E-state index in [1.54, 1.807) is 0 Å². The number of likely N-dealkylation sites (N-methyl/N-ethyl adjacent to an activating group) is 1. The van der Waals surface area contributed by atoms with Crippen molar-refractivity contribution < 1.29 is 13.9 Å². The summed E-state index contributed by atoms with van der Waals surface area (Å²) in [7, 11) is 2.10. The number of H-pyrrole nitrogens is 1. The van der Waals surface area contributed by atoms with Crippen molar-refractivity contribution in [3.8, 4) is 17.1 Å². The third-order valence-corrected chi connectivity index (χ3v) is 11.1. The number of likely N-dealkylation sites (tertiary alicyclic amines) is 2. The molecular formula is C35H39ClFN7O2. The van der Waals surface area contributed by atoms with Crippen LogP contribution in [0.15, 0.2) is 30.9 Å². The molecule has 11 heteroatoms. The maximum Gasteiger partial charge on any atom is 0.319 e. The van der Waals surface area contributed by atoms with E-state index in [1.165, 1.54) is 6.08 Å². The van der Waals surface area contributed by atoms with E-state index in [0.29, 0.717) is 34.3 Å². The van der Waals surface area contributed by atoms with Crippen molar-refractivity contribution >= 4 is 45.1 Å². The minimum atomic E-state index is -0.474. The van der Waals surface area contributed by atoms with Crippen LogP contribution in [0.25, 0.3) is 32.9 Å². The number of amides is 1. The Balaban J connectivity index is 1.21. The summed E-state index contributed by atoms with van der Waals surface area (Å²) >= 11 is 7.05. The van der Waals surface area contributed by atoms with Crippen molar-refractivity contribution in [3.63, 3.8) is 0 Å². The highest BCUT2D eigenvalue weighted by Gasteiger charge is 2.46. The van der Waals surface area contributed by atoms with Crippen LogP contribution in [-0.2, 0) is 4.79 Å². The van der Waals surface area contributed by atoms with Crippen molar-refractivity contribution in [1.82, 2.24) is 30.0 Å². The van der Waals surface area contributed by atoms with Crippen LogP contribution < -0.4 is 9.64 Å². The van der Waals surface area contributed by atoms with Gasteiger partial charge in [0.15, 0.2) is 5.82 Å². The molecule has 1 atom stereocenters. The van der Waals surface area contributed by atoms with Crippen molar-refractivity contribution in [2.45, 2.75) is 57.4 Å². The number of ether oxygens (including phenoxy) is 1. The Kier molecular flexibility index (Phi) is 7.21. The summed E-state index contributed by atoms with van der Waals surface area (Å²) in [4.78, 5) is 28.1. The number of anilines is 1. The summed E-state index contributed by atoms with van der Waals surface area (Å²) in [5.74, 6) is 0.544. The van der Waals surface area contributed by atoms with Gasteiger partial charge in [0.25, 0.3) is 0 Å². The molecule has 4 aromatic rings. The quantitative estimate of drug-likeness (QED) is 0.239. The van der Waals surface area contributed by atoms with Gasteiger partial charge in [-0.3, -0.25) is 9.89 Å². The molecule has 240 valence electrons. The topological polar surface area (TPSA) is 90.5 Å². The first-order valence-electron chi connectivity index (χ1n) is 16.4. The lowest BCUT2D eigenvalue weighted by Gasteiger charge is -2.54. The van der Waals surface area contributed by atoms with E-state index in [1.807, 2.05) is 30.0 Å².